The highest BCUT2D eigenvalue weighted by atomic mass is 32.2. The summed E-state index contributed by atoms with van der Waals surface area (Å²) in [6.07, 6.45) is 1.18. The van der Waals surface area contributed by atoms with Gasteiger partial charge in [-0.05, 0) is 44.0 Å². The van der Waals surface area contributed by atoms with E-state index in [-0.39, 0.29) is 5.91 Å². The van der Waals surface area contributed by atoms with Crippen LogP contribution in [0.2, 0.25) is 0 Å². The first-order valence-corrected chi connectivity index (χ1v) is 8.91. The van der Waals surface area contributed by atoms with Gasteiger partial charge in [0.15, 0.2) is 10.4 Å². The highest BCUT2D eigenvalue weighted by Crippen LogP contribution is 2.25. The van der Waals surface area contributed by atoms with Gasteiger partial charge in [-0.2, -0.15) is 0 Å². The molecule has 0 aliphatic rings. The van der Waals surface area contributed by atoms with Crippen LogP contribution in [0.5, 0.6) is 5.75 Å². The molecular weight excluding hydrogens is 330 g/mol. The van der Waals surface area contributed by atoms with Crippen molar-refractivity contribution >= 4 is 34.1 Å². The van der Waals surface area contributed by atoms with Crippen LogP contribution in [0.25, 0.3) is 0 Å². The molecule has 1 aromatic carbocycles. The molecule has 1 amide bonds. The van der Waals surface area contributed by atoms with Crippen molar-refractivity contribution in [3.8, 4) is 5.75 Å². The minimum atomic E-state index is -0.620. The van der Waals surface area contributed by atoms with Gasteiger partial charge in [0.1, 0.15) is 5.75 Å². The van der Waals surface area contributed by atoms with Gasteiger partial charge in [0.2, 0.25) is 5.13 Å². The standard InChI is InChI=1S/C16H19N3O2S2/c1-5-8-22-16-19-18-15(23-16)17-14(20)12(4)21-13-7-6-10(2)11(3)9-13/h5-7,9,12H,1,8H2,2-4H3,(H,17,18,20)/t12-/m0/s1. The van der Waals surface area contributed by atoms with Gasteiger partial charge >= 0.3 is 0 Å². The molecule has 1 N–H and O–H groups in total. The van der Waals surface area contributed by atoms with Crippen LogP contribution >= 0.6 is 23.1 Å². The molecule has 0 fully saturated rings. The Labute approximate surface area is 144 Å². The number of nitrogens with zero attached hydrogens (tertiary/aromatic N) is 2. The third-order valence-electron chi connectivity index (χ3n) is 3.12. The van der Waals surface area contributed by atoms with Gasteiger partial charge in [-0.1, -0.05) is 35.2 Å². The zero-order valence-electron chi connectivity index (χ0n) is 13.3. The number of aromatic nitrogens is 2. The molecule has 0 spiro atoms. The average Bonchev–Trinajstić information content (AvgIpc) is 2.96. The van der Waals surface area contributed by atoms with Crippen LogP contribution < -0.4 is 10.1 Å². The molecule has 23 heavy (non-hydrogen) atoms. The monoisotopic (exact) mass is 349 g/mol. The van der Waals surface area contributed by atoms with Crippen molar-refractivity contribution in [2.45, 2.75) is 31.2 Å². The maximum Gasteiger partial charge on any atom is 0.266 e. The van der Waals surface area contributed by atoms with Crippen molar-refractivity contribution in [1.29, 1.82) is 0 Å². The number of benzene rings is 1. The largest absolute Gasteiger partial charge is 0.481 e. The minimum absolute atomic E-state index is 0.250. The maximum atomic E-state index is 12.2. The summed E-state index contributed by atoms with van der Waals surface area (Å²) in [6, 6.07) is 5.76. The molecule has 1 atom stereocenters. The van der Waals surface area contributed by atoms with Crippen molar-refractivity contribution in [2.24, 2.45) is 0 Å². The van der Waals surface area contributed by atoms with E-state index in [4.69, 9.17) is 4.74 Å². The number of carbonyl (C=O) groups is 1. The zero-order valence-corrected chi connectivity index (χ0v) is 15.0. The number of carbonyl (C=O) groups excluding carboxylic acids is 1. The quantitative estimate of drug-likeness (QED) is 0.467. The second kappa shape index (κ2) is 8.12. The molecular formula is C16H19N3O2S2. The zero-order chi connectivity index (χ0) is 16.8. The van der Waals surface area contributed by atoms with Crippen molar-refractivity contribution in [2.75, 3.05) is 11.1 Å². The Hall–Kier alpha value is -1.86. The van der Waals surface area contributed by atoms with Gasteiger partial charge in [-0.15, -0.1) is 16.8 Å². The van der Waals surface area contributed by atoms with E-state index < -0.39 is 6.10 Å². The first-order valence-electron chi connectivity index (χ1n) is 7.11. The smallest absolute Gasteiger partial charge is 0.266 e. The average molecular weight is 349 g/mol. The van der Waals surface area contributed by atoms with Gasteiger partial charge in [0.05, 0.1) is 0 Å². The highest BCUT2D eigenvalue weighted by molar-refractivity contribution is 8.01. The minimum Gasteiger partial charge on any atom is -0.481 e. The Morgan fingerprint density at radius 1 is 1.43 bits per heavy atom. The number of hydrogen-bond acceptors (Lipinski definition) is 6. The Morgan fingerprint density at radius 2 is 2.22 bits per heavy atom. The lowest BCUT2D eigenvalue weighted by Gasteiger charge is -2.14. The third-order valence-corrected chi connectivity index (χ3v) is 5.09. The van der Waals surface area contributed by atoms with Crippen LogP contribution in [0.4, 0.5) is 5.13 Å². The molecule has 2 rings (SSSR count). The fraction of sp³-hybridized carbons (Fsp3) is 0.312. The van der Waals surface area contributed by atoms with Gasteiger partial charge in [-0.25, -0.2) is 0 Å². The molecule has 0 saturated heterocycles. The summed E-state index contributed by atoms with van der Waals surface area (Å²) in [5.41, 5.74) is 2.32. The molecule has 2 aromatic rings. The Kier molecular flexibility index (Phi) is 6.18. The van der Waals surface area contributed by atoms with Crippen LogP contribution in [0, 0.1) is 13.8 Å². The highest BCUT2D eigenvalue weighted by Gasteiger charge is 2.17. The molecule has 5 nitrogen and oxygen atoms in total. The van der Waals surface area contributed by atoms with E-state index in [1.54, 1.807) is 13.0 Å². The summed E-state index contributed by atoms with van der Waals surface area (Å²) < 4.78 is 6.48. The molecule has 0 saturated carbocycles. The molecule has 0 aliphatic carbocycles. The summed E-state index contributed by atoms with van der Waals surface area (Å²) in [7, 11) is 0. The first kappa shape index (κ1) is 17.5. The lowest BCUT2D eigenvalue weighted by atomic mass is 10.1. The van der Waals surface area contributed by atoms with Crippen molar-refractivity contribution in [1.82, 2.24) is 10.2 Å². The third kappa shape index (κ3) is 5.07. The van der Waals surface area contributed by atoms with Crippen LogP contribution in [-0.2, 0) is 4.79 Å². The Bertz CT molecular complexity index is 700. The lowest BCUT2D eigenvalue weighted by Crippen LogP contribution is -2.30. The molecule has 0 bridgehead atoms. The van der Waals surface area contributed by atoms with Crippen LogP contribution in [0.15, 0.2) is 35.2 Å². The summed E-state index contributed by atoms with van der Waals surface area (Å²) in [6.45, 7) is 9.41. The SMILES string of the molecule is C=CCSc1nnc(NC(=O)[C@H](C)Oc2ccc(C)c(C)c2)s1. The second-order valence-corrected chi connectivity index (χ2v) is 7.21. The van der Waals surface area contributed by atoms with Crippen LogP contribution in [0.1, 0.15) is 18.1 Å². The number of hydrogen-bond donors (Lipinski definition) is 1. The number of amides is 1. The normalized spacial score (nSPS) is 11.8. The fourth-order valence-electron chi connectivity index (χ4n) is 1.70. The number of ether oxygens (including phenoxy) is 1. The molecule has 0 radical (unpaired) electrons. The topological polar surface area (TPSA) is 64.1 Å². The predicted molar refractivity (Wildman–Crippen MR) is 95.5 cm³/mol. The van der Waals surface area contributed by atoms with Crippen LogP contribution in [0.3, 0.4) is 0 Å². The van der Waals surface area contributed by atoms with E-state index >= 15 is 0 Å². The van der Waals surface area contributed by atoms with E-state index in [0.717, 1.165) is 15.7 Å². The number of anilines is 1. The van der Waals surface area contributed by atoms with Gasteiger partial charge in [0, 0.05) is 5.75 Å². The lowest BCUT2D eigenvalue weighted by molar-refractivity contribution is -0.122. The molecule has 1 aromatic heterocycles. The second-order valence-electron chi connectivity index (χ2n) is 4.97. The van der Waals surface area contributed by atoms with Gasteiger partial charge in [-0.3, -0.25) is 10.1 Å². The number of rotatable bonds is 7. The summed E-state index contributed by atoms with van der Waals surface area (Å²) in [5, 5.41) is 11.1. The molecule has 0 aliphatic heterocycles. The van der Waals surface area contributed by atoms with Crippen LogP contribution in [-0.4, -0.2) is 28.0 Å². The molecule has 122 valence electrons. The number of aryl methyl sites for hydroxylation is 2. The van der Waals surface area contributed by atoms with Crippen molar-refractivity contribution in [3.05, 3.63) is 42.0 Å². The summed E-state index contributed by atoms with van der Waals surface area (Å²) >= 11 is 2.86. The van der Waals surface area contributed by atoms with Crippen molar-refractivity contribution < 1.29 is 9.53 Å². The van der Waals surface area contributed by atoms with E-state index in [1.807, 2.05) is 32.0 Å². The number of thioether (sulfide) groups is 1. The molecule has 7 heteroatoms. The van der Waals surface area contributed by atoms with E-state index in [1.165, 1.54) is 28.7 Å². The van der Waals surface area contributed by atoms with E-state index in [9.17, 15) is 4.79 Å². The fourth-order valence-corrected chi connectivity index (χ4v) is 3.22. The van der Waals surface area contributed by atoms with E-state index in [2.05, 4.69) is 22.1 Å². The Balaban J connectivity index is 1.92. The summed E-state index contributed by atoms with van der Waals surface area (Å²) in [5.74, 6) is 1.18. The Morgan fingerprint density at radius 3 is 2.91 bits per heavy atom. The van der Waals surface area contributed by atoms with Gasteiger partial charge in [0.25, 0.3) is 5.91 Å². The maximum absolute atomic E-state index is 12.2. The van der Waals surface area contributed by atoms with Crippen molar-refractivity contribution in [3.63, 3.8) is 0 Å². The van der Waals surface area contributed by atoms with E-state index in [0.29, 0.717) is 10.9 Å². The molecule has 1 heterocycles. The molecule has 0 unspecified atom stereocenters. The summed E-state index contributed by atoms with van der Waals surface area (Å²) in [4.78, 5) is 12.2. The first-order chi connectivity index (χ1) is 11.0. The van der Waals surface area contributed by atoms with Gasteiger partial charge < -0.3 is 4.74 Å². The predicted octanol–water partition coefficient (Wildman–Crippen LogP) is 3.84. The number of nitrogens with one attached hydrogen (secondary N) is 1.